The van der Waals surface area contributed by atoms with Crippen molar-refractivity contribution >= 4 is 0 Å². The van der Waals surface area contributed by atoms with E-state index in [9.17, 15) is 0 Å². The first-order valence-corrected chi connectivity index (χ1v) is 6.16. The number of hydrogen-bond acceptors (Lipinski definition) is 4. The molecule has 0 aromatic rings. The van der Waals surface area contributed by atoms with Crippen LogP contribution < -0.4 is 11.1 Å². The summed E-state index contributed by atoms with van der Waals surface area (Å²) >= 11 is 0. The standard InChI is InChI=1S/C12H26N2O2/c1-10(4-6-15)14-12(9-13)5-7-16-11(2,3)8-12/h10,14-15H,4-9,13H2,1-3H3. The molecule has 2 atom stereocenters. The van der Waals surface area contributed by atoms with Crippen LogP contribution in [0.2, 0.25) is 0 Å². The van der Waals surface area contributed by atoms with Crippen molar-refractivity contribution in [2.24, 2.45) is 5.73 Å². The fraction of sp³-hybridized carbons (Fsp3) is 1.00. The molecule has 0 radical (unpaired) electrons. The summed E-state index contributed by atoms with van der Waals surface area (Å²) in [6.45, 7) is 7.90. The van der Waals surface area contributed by atoms with E-state index in [0.29, 0.717) is 12.6 Å². The summed E-state index contributed by atoms with van der Waals surface area (Å²) < 4.78 is 5.72. The van der Waals surface area contributed by atoms with E-state index in [-0.39, 0.29) is 17.7 Å². The van der Waals surface area contributed by atoms with Crippen LogP contribution in [-0.2, 0) is 4.74 Å². The summed E-state index contributed by atoms with van der Waals surface area (Å²) in [7, 11) is 0. The molecule has 1 aliphatic heterocycles. The summed E-state index contributed by atoms with van der Waals surface area (Å²) in [6.07, 6.45) is 2.64. The highest BCUT2D eigenvalue weighted by atomic mass is 16.5. The maximum absolute atomic E-state index is 8.93. The fourth-order valence-electron chi connectivity index (χ4n) is 2.62. The minimum Gasteiger partial charge on any atom is -0.396 e. The molecule has 1 rings (SSSR count). The van der Waals surface area contributed by atoms with Crippen molar-refractivity contribution in [3.8, 4) is 0 Å². The van der Waals surface area contributed by atoms with Crippen molar-refractivity contribution in [2.45, 2.75) is 57.2 Å². The van der Waals surface area contributed by atoms with Gasteiger partial charge in [-0.2, -0.15) is 0 Å². The smallest absolute Gasteiger partial charge is 0.0644 e. The van der Waals surface area contributed by atoms with Gasteiger partial charge in [-0.1, -0.05) is 0 Å². The van der Waals surface area contributed by atoms with Gasteiger partial charge in [0.25, 0.3) is 0 Å². The third-order valence-electron chi connectivity index (χ3n) is 3.34. The second-order valence-corrected chi connectivity index (χ2v) is 5.58. The zero-order chi connectivity index (χ0) is 12.2. The molecular weight excluding hydrogens is 204 g/mol. The predicted molar refractivity (Wildman–Crippen MR) is 65.4 cm³/mol. The Bertz CT molecular complexity index is 221. The van der Waals surface area contributed by atoms with E-state index in [1.807, 2.05) is 0 Å². The van der Waals surface area contributed by atoms with E-state index in [1.165, 1.54) is 0 Å². The largest absolute Gasteiger partial charge is 0.396 e. The van der Waals surface area contributed by atoms with Gasteiger partial charge in [-0.3, -0.25) is 0 Å². The van der Waals surface area contributed by atoms with Crippen LogP contribution in [0, 0.1) is 0 Å². The molecule has 96 valence electrons. The number of nitrogens with one attached hydrogen (secondary N) is 1. The first-order chi connectivity index (χ1) is 7.43. The molecule has 16 heavy (non-hydrogen) atoms. The van der Waals surface area contributed by atoms with Crippen molar-refractivity contribution in [1.82, 2.24) is 5.32 Å². The molecule has 1 aliphatic rings. The minimum atomic E-state index is -0.108. The van der Waals surface area contributed by atoms with E-state index in [4.69, 9.17) is 15.6 Å². The molecule has 1 saturated heterocycles. The zero-order valence-electron chi connectivity index (χ0n) is 10.8. The molecular formula is C12H26N2O2. The quantitative estimate of drug-likeness (QED) is 0.648. The van der Waals surface area contributed by atoms with E-state index >= 15 is 0 Å². The van der Waals surface area contributed by atoms with Crippen LogP contribution in [0.1, 0.15) is 40.0 Å². The first kappa shape index (κ1) is 13.9. The van der Waals surface area contributed by atoms with Crippen LogP contribution in [0.15, 0.2) is 0 Å². The van der Waals surface area contributed by atoms with Gasteiger partial charge in [0, 0.05) is 31.3 Å². The molecule has 2 unspecified atom stereocenters. The third-order valence-corrected chi connectivity index (χ3v) is 3.34. The average molecular weight is 230 g/mol. The Balaban J connectivity index is 2.62. The van der Waals surface area contributed by atoms with Crippen molar-refractivity contribution in [2.75, 3.05) is 19.8 Å². The maximum atomic E-state index is 8.93. The Kier molecular flexibility index (Phi) is 4.73. The van der Waals surface area contributed by atoms with Gasteiger partial charge in [-0.15, -0.1) is 0 Å². The second kappa shape index (κ2) is 5.45. The molecule has 4 N–H and O–H groups in total. The maximum Gasteiger partial charge on any atom is 0.0644 e. The highest BCUT2D eigenvalue weighted by Crippen LogP contribution is 2.31. The summed E-state index contributed by atoms with van der Waals surface area (Å²) in [5.74, 6) is 0. The molecule has 1 fully saturated rings. The van der Waals surface area contributed by atoms with Gasteiger partial charge in [0.15, 0.2) is 0 Å². The van der Waals surface area contributed by atoms with Crippen LogP contribution in [0.4, 0.5) is 0 Å². The lowest BCUT2D eigenvalue weighted by atomic mass is 9.80. The Morgan fingerprint density at radius 3 is 2.69 bits per heavy atom. The lowest BCUT2D eigenvalue weighted by molar-refractivity contribution is -0.0877. The second-order valence-electron chi connectivity index (χ2n) is 5.58. The minimum absolute atomic E-state index is 0.0314. The Morgan fingerprint density at radius 2 is 2.19 bits per heavy atom. The van der Waals surface area contributed by atoms with Crippen LogP contribution in [0.3, 0.4) is 0 Å². The van der Waals surface area contributed by atoms with E-state index in [0.717, 1.165) is 25.9 Å². The number of aliphatic hydroxyl groups is 1. The topological polar surface area (TPSA) is 67.5 Å². The van der Waals surface area contributed by atoms with Crippen molar-refractivity contribution in [3.05, 3.63) is 0 Å². The van der Waals surface area contributed by atoms with Crippen molar-refractivity contribution < 1.29 is 9.84 Å². The number of rotatable bonds is 5. The lowest BCUT2D eigenvalue weighted by Crippen LogP contribution is -2.61. The zero-order valence-corrected chi connectivity index (χ0v) is 10.8. The Morgan fingerprint density at radius 1 is 1.50 bits per heavy atom. The number of ether oxygens (including phenoxy) is 1. The van der Waals surface area contributed by atoms with Gasteiger partial charge in [-0.25, -0.2) is 0 Å². The molecule has 0 aromatic heterocycles. The summed E-state index contributed by atoms with van der Waals surface area (Å²) in [6, 6.07) is 0.294. The molecule has 0 spiro atoms. The van der Waals surface area contributed by atoms with Crippen LogP contribution in [0.5, 0.6) is 0 Å². The molecule has 0 aliphatic carbocycles. The van der Waals surface area contributed by atoms with Crippen LogP contribution in [-0.4, -0.2) is 42.0 Å². The Labute approximate surface area is 98.5 Å². The van der Waals surface area contributed by atoms with E-state index in [2.05, 4.69) is 26.1 Å². The highest BCUT2D eigenvalue weighted by molar-refractivity contribution is 4.98. The number of hydrogen-bond donors (Lipinski definition) is 3. The van der Waals surface area contributed by atoms with Crippen LogP contribution >= 0.6 is 0 Å². The van der Waals surface area contributed by atoms with Gasteiger partial charge in [-0.05, 0) is 40.0 Å². The number of nitrogens with two attached hydrogens (primary N) is 1. The van der Waals surface area contributed by atoms with Crippen LogP contribution in [0.25, 0.3) is 0 Å². The predicted octanol–water partition coefficient (Wildman–Crippen LogP) is 0.633. The molecule has 0 amide bonds. The monoisotopic (exact) mass is 230 g/mol. The molecule has 4 nitrogen and oxygen atoms in total. The average Bonchev–Trinajstić information content (AvgIpc) is 2.16. The molecule has 0 aromatic carbocycles. The Hall–Kier alpha value is -0.160. The summed E-state index contributed by atoms with van der Waals surface area (Å²) in [5.41, 5.74) is 5.78. The van der Waals surface area contributed by atoms with E-state index in [1.54, 1.807) is 0 Å². The molecule has 4 heteroatoms. The number of aliphatic hydroxyl groups excluding tert-OH is 1. The van der Waals surface area contributed by atoms with Gasteiger partial charge >= 0.3 is 0 Å². The third kappa shape index (κ3) is 3.70. The molecule has 0 bridgehead atoms. The highest BCUT2D eigenvalue weighted by Gasteiger charge is 2.40. The van der Waals surface area contributed by atoms with Gasteiger partial charge in [0.2, 0.25) is 0 Å². The lowest BCUT2D eigenvalue weighted by Gasteiger charge is -2.46. The van der Waals surface area contributed by atoms with Crippen molar-refractivity contribution in [1.29, 1.82) is 0 Å². The molecule has 0 saturated carbocycles. The summed E-state index contributed by atoms with van der Waals surface area (Å²) in [4.78, 5) is 0. The SMILES string of the molecule is CC(CCO)NC1(CN)CCOC(C)(C)C1. The van der Waals surface area contributed by atoms with Gasteiger partial charge in [0.1, 0.15) is 0 Å². The normalized spacial score (nSPS) is 31.3. The fourth-order valence-corrected chi connectivity index (χ4v) is 2.62. The van der Waals surface area contributed by atoms with Gasteiger partial charge in [0.05, 0.1) is 5.60 Å². The first-order valence-electron chi connectivity index (χ1n) is 6.16. The van der Waals surface area contributed by atoms with Crippen molar-refractivity contribution in [3.63, 3.8) is 0 Å². The molecule has 1 heterocycles. The van der Waals surface area contributed by atoms with Gasteiger partial charge < -0.3 is 20.9 Å². The van der Waals surface area contributed by atoms with E-state index < -0.39 is 0 Å². The summed E-state index contributed by atoms with van der Waals surface area (Å²) in [5, 5.41) is 12.5.